The number of nitrogens with one attached hydrogen (secondary N) is 1. The third-order valence-electron chi connectivity index (χ3n) is 4.12. The van der Waals surface area contributed by atoms with Crippen molar-refractivity contribution in [3.63, 3.8) is 0 Å². The van der Waals surface area contributed by atoms with Crippen LogP contribution in [0.3, 0.4) is 0 Å². The summed E-state index contributed by atoms with van der Waals surface area (Å²) in [5, 5.41) is 12.3. The zero-order valence-corrected chi connectivity index (χ0v) is 18.7. The predicted octanol–water partition coefficient (Wildman–Crippen LogP) is 3.77. The molecule has 2 heterocycles. The Labute approximate surface area is 182 Å². The quantitative estimate of drug-likeness (QED) is 0.416. The molecule has 3 aromatic rings. The van der Waals surface area contributed by atoms with E-state index in [4.69, 9.17) is 9.47 Å². The van der Waals surface area contributed by atoms with Crippen LogP contribution in [0.4, 0.5) is 5.00 Å². The topological polar surface area (TPSA) is 95.3 Å². The third-order valence-corrected chi connectivity index (χ3v) is 6.10. The fourth-order valence-electron chi connectivity index (χ4n) is 2.76. The van der Waals surface area contributed by atoms with E-state index in [2.05, 4.69) is 15.5 Å². The fourth-order valence-corrected chi connectivity index (χ4v) is 4.39. The summed E-state index contributed by atoms with van der Waals surface area (Å²) < 4.78 is 12.3. The number of carbonyl (C=O) groups is 2. The molecule has 30 heavy (non-hydrogen) atoms. The van der Waals surface area contributed by atoms with Crippen molar-refractivity contribution in [2.45, 2.75) is 19.0 Å². The molecule has 0 unspecified atom stereocenters. The highest BCUT2D eigenvalue weighted by Crippen LogP contribution is 2.31. The van der Waals surface area contributed by atoms with Crippen LogP contribution < -0.4 is 10.1 Å². The monoisotopic (exact) mass is 446 g/mol. The molecule has 0 saturated carbocycles. The van der Waals surface area contributed by atoms with Gasteiger partial charge in [-0.15, -0.1) is 21.5 Å². The third kappa shape index (κ3) is 4.82. The predicted molar refractivity (Wildman–Crippen MR) is 117 cm³/mol. The molecule has 0 aliphatic heterocycles. The van der Waals surface area contributed by atoms with Gasteiger partial charge in [-0.1, -0.05) is 23.9 Å². The molecule has 158 valence electrons. The smallest absolute Gasteiger partial charge is 0.341 e. The molecule has 0 aliphatic carbocycles. The molecule has 1 N–H and O–H groups in total. The van der Waals surface area contributed by atoms with E-state index < -0.39 is 5.97 Å². The minimum absolute atomic E-state index is 0.122. The summed E-state index contributed by atoms with van der Waals surface area (Å²) in [7, 11) is 3.44. The number of thioether (sulfide) groups is 1. The minimum Gasteiger partial charge on any atom is -0.496 e. The number of hydrogen-bond donors (Lipinski definition) is 1. The van der Waals surface area contributed by atoms with Crippen LogP contribution in [0.5, 0.6) is 5.75 Å². The fraction of sp³-hybridized carbons (Fsp3) is 0.300. The van der Waals surface area contributed by atoms with Gasteiger partial charge in [0, 0.05) is 11.9 Å². The highest BCUT2D eigenvalue weighted by Gasteiger charge is 2.19. The van der Waals surface area contributed by atoms with Crippen molar-refractivity contribution >= 4 is 40.0 Å². The Hall–Kier alpha value is -2.85. The first kappa shape index (κ1) is 21.8. The van der Waals surface area contributed by atoms with Gasteiger partial charge < -0.3 is 19.4 Å². The van der Waals surface area contributed by atoms with Crippen LogP contribution in [0.2, 0.25) is 0 Å². The number of rotatable bonds is 8. The molecule has 8 nitrogen and oxygen atoms in total. The Bertz CT molecular complexity index is 1060. The zero-order valence-electron chi connectivity index (χ0n) is 17.1. The van der Waals surface area contributed by atoms with Crippen LogP contribution in [0.25, 0.3) is 11.4 Å². The number of carbonyl (C=O) groups excluding carboxylic acids is 2. The molecule has 0 spiro atoms. The Balaban J connectivity index is 1.68. The van der Waals surface area contributed by atoms with Crippen molar-refractivity contribution in [2.75, 3.05) is 24.8 Å². The number of para-hydroxylation sites is 1. The number of aromatic nitrogens is 3. The van der Waals surface area contributed by atoms with E-state index in [1.54, 1.807) is 20.1 Å². The molecular formula is C20H22N4O4S2. The molecule has 0 radical (unpaired) electrons. The van der Waals surface area contributed by atoms with Crippen molar-refractivity contribution in [3.05, 3.63) is 40.8 Å². The van der Waals surface area contributed by atoms with Gasteiger partial charge >= 0.3 is 5.97 Å². The molecule has 3 rings (SSSR count). The molecule has 1 amide bonds. The SMILES string of the molecule is CCOC(=O)c1cc(C)sc1NC(=O)CSc1nnc(-c2ccccc2OC)n1C. The molecule has 0 saturated heterocycles. The van der Waals surface area contributed by atoms with Crippen molar-refractivity contribution in [3.8, 4) is 17.1 Å². The summed E-state index contributed by atoms with van der Waals surface area (Å²) in [4.78, 5) is 25.4. The number of amides is 1. The van der Waals surface area contributed by atoms with Gasteiger partial charge in [-0.2, -0.15) is 0 Å². The second-order valence-electron chi connectivity index (χ2n) is 6.22. The number of thiophene rings is 1. The molecule has 0 aliphatic rings. The van der Waals surface area contributed by atoms with Crippen molar-refractivity contribution in [1.29, 1.82) is 0 Å². The van der Waals surface area contributed by atoms with Gasteiger partial charge in [0.15, 0.2) is 11.0 Å². The number of ether oxygens (including phenoxy) is 2. The molecule has 2 aromatic heterocycles. The van der Waals surface area contributed by atoms with Crippen molar-refractivity contribution in [2.24, 2.45) is 7.05 Å². The van der Waals surface area contributed by atoms with E-state index in [9.17, 15) is 9.59 Å². The molecular weight excluding hydrogens is 424 g/mol. The van der Waals surface area contributed by atoms with E-state index in [1.807, 2.05) is 42.8 Å². The Morgan fingerprint density at radius 2 is 2.03 bits per heavy atom. The average molecular weight is 447 g/mol. The first-order valence-electron chi connectivity index (χ1n) is 9.17. The summed E-state index contributed by atoms with van der Waals surface area (Å²) in [5.41, 5.74) is 1.19. The van der Waals surface area contributed by atoms with Crippen LogP contribution in [0, 0.1) is 6.92 Å². The van der Waals surface area contributed by atoms with E-state index in [0.717, 1.165) is 10.4 Å². The summed E-state index contributed by atoms with van der Waals surface area (Å²) in [6, 6.07) is 9.26. The van der Waals surface area contributed by atoms with E-state index in [1.165, 1.54) is 23.1 Å². The lowest BCUT2D eigenvalue weighted by Crippen LogP contribution is -2.16. The molecule has 0 fully saturated rings. The van der Waals surface area contributed by atoms with Gasteiger partial charge in [-0.3, -0.25) is 4.79 Å². The minimum atomic E-state index is -0.445. The van der Waals surface area contributed by atoms with Gasteiger partial charge in [-0.25, -0.2) is 4.79 Å². The number of aryl methyl sites for hydroxylation is 1. The summed E-state index contributed by atoms with van der Waals surface area (Å²) >= 11 is 2.60. The second-order valence-corrected chi connectivity index (χ2v) is 8.42. The van der Waals surface area contributed by atoms with Crippen LogP contribution in [0.1, 0.15) is 22.2 Å². The molecule has 0 atom stereocenters. The Morgan fingerprint density at radius 3 is 2.77 bits per heavy atom. The highest BCUT2D eigenvalue weighted by molar-refractivity contribution is 7.99. The maximum absolute atomic E-state index is 12.5. The van der Waals surface area contributed by atoms with Gasteiger partial charge in [-0.05, 0) is 32.0 Å². The normalized spacial score (nSPS) is 10.7. The number of methoxy groups -OCH3 is 1. The van der Waals surface area contributed by atoms with E-state index in [0.29, 0.717) is 27.3 Å². The second kappa shape index (κ2) is 9.77. The lowest BCUT2D eigenvalue weighted by Gasteiger charge is -2.08. The number of esters is 1. The van der Waals surface area contributed by atoms with Gasteiger partial charge in [0.25, 0.3) is 0 Å². The van der Waals surface area contributed by atoms with Crippen LogP contribution in [0.15, 0.2) is 35.5 Å². The lowest BCUT2D eigenvalue weighted by molar-refractivity contribution is -0.113. The maximum atomic E-state index is 12.5. The standard InChI is InChI=1S/C20H22N4O4S2/c1-5-28-19(26)14-10-12(2)30-18(14)21-16(25)11-29-20-23-22-17(24(20)3)13-8-6-7-9-15(13)27-4/h6-10H,5,11H2,1-4H3,(H,21,25). The first-order chi connectivity index (χ1) is 14.4. The zero-order chi connectivity index (χ0) is 21.7. The highest BCUT2D eigenvalue weighted by atomic mass is 32.2. The van der Waals surface area contributed by atoms with Crippen LogP contribution in [-0.2, 0) is 16.6 Å². The summed E-state index contributed by atoms with van der Waals surface area (Å²) in [6.45, 7) is 3.89. The Kier molecular flexibility index (Phi) is 7.11. The van der Waals surface area contributed by atoms with Gasteiger partial charge in [0.1, 0.15) is 10.8 Å². The largest absolute Gasteiger partial charge is 0.496 e. The van der Waals surface area contributed by atoms with E-state index >= 15 is 0 Å². The van der Waals surface area contributed by atoms with Crippen molar-refractivity contribution in [1.82, 2.24) is 14.8 Å². The Morgan fingerprint density at radius 1 is 1.27 bits per heavy atom. The van der Waals surface area contributed by atoms with Crippen LogP contribution in [-0.4, -0.2) is 46.1 Å². The average Bonchev–Trinajstić information content (AvgIpc) is 3.28. The van der Waals surface area contributed by atoms with E-state index in [-0.39, 0.29) is 18.3 Å². The van der Waals surface area contributed by atoms with Gasteiger partial charge in [0.2, 0.25) is 5.91 Å². The summed E-state index contributed by atoms with van der Waals surface area (Å²) in [5.74, 6) is 0.779. The van der Waals surface area contributed by atoms with Crippen LogP contribution >= 0.6 is 23.1 Å². The molecule has 0 bridgehead atoms. The number of anilines is 1. The van der Waals surface area contributed by atoms with Crippen molar-refractivity contribution < 1.29 is 19.1 Å². The maximum Gasteiger partial charge on any atom is 0.341 e. The number of benzene rings is 1. The number of nitrogens with zero attached hydrogens (tertiary/aromatic N) is 3. The number of hydrogen-bond acceptors (Lipinski definition) is 8. The molecule has 1 aromatic carbocycles. The lowest BCUT2D eigenvalue weighted by atomic mass is 10.2. The molecule has 10 heteroatoms. The van der Waals surface area contributed by atoms with Gasteiger partial charge in [0.05, 0.1) is 30.6 Å². The summed E-state index contributed by atoms with van der Waals surface area (Å²) in [6.07, 6.45) is 0. The first-order valence-corrected chi connectivity index (χ1v) is 11.0.